The van der Waals surface area contributed by atoms with Gasteiger partial charge in [0.15, 0.2) is 0 Å². The van der Waals surface area contributed by atoms with Gasteiger partial charge in [0.2, 0.25) is 5.91 Å². The van der Waals surface area contributed by atoms with Gasteiger partial charge in [-0.2, -0.15) is 0 Å². The van der Waals surface area contributed by atoms with E-state index in [2.05, 4.69) is 10.6 Å². The fourth-order valence-corrected chi connectivity index (χ4v) is 4.37. The Morgan fingerprint density at radius 1 is 0.921 bits per heavy atom. The van der Waals surface area contributed by atoms with Crippen molar-refractivity contribution in [3.8, 4) is 5.75 Å². The number of imide groups is 1. The van der Waals surface area contributed by atoms with Gasteiger partial charge in [0, 0.05) is 26.1 Å². The molecular formula is C29H32ClN3O5. The lowest BCUT2D eigenvalue weighted by atomic mass is 10.0. The minimum Gasteiger partial charge on any atom is -0.497 e. The zero-order valence-electron chi connectivity index (χ0n) is 21.1. The van der Waals surface area contributed by atoms with Gasteiger partial charge in [0.05, 0.1) is 30.4 Å². The molecule has 0 unspecified atom stereocenters. The summed E-state index contributed by atoms with van der Waals surface area (Å²) < 4.78 is 5.25. The third-order valence-electron chi connectivity index (χ3n) is 6.37. The Labute approximate surface area is 228 Å². The number of nitrogens with zero attached hydrogens (tertiary/aromatic N) is 1. The largest absolute Gasteiger partial charge is 0.497 e. The standard InChI is InChI=1S/C29H31N3O5.ClH/c1-37-22-11-7-10-21(16-22)18-30-19-26(33)25(17-20-8-3-2-4-9-20)31-27(34)14-15-32-28(35)23-12-5-6-13-24(23)29(32)36;/h2-13,16,25-26,30,33H,14-15,17-19H2,1H3,(H,31,34);1H/t25-,26-;/m0./s1. The predicted octanol–water partition coefficient (Wildman–Crippen LogP) is 2.98. The quantitative estimate of drug-likeness (QED) is 0.307. The molecule has 0 saturated carbocycles. The Morgan fingerprint density at radius 2 is 1.55 bits per heavy atom. The smallest absolute Gasteiger partial charge is 0.261 e. The highest BCUT2D eigenvalue weighted by Crippen LogP contribution is 2.22. The second-order valence-electron chi connectivity index (χ2n) is 8.97. The summed E-state index contributed by atoms with van der Waals surface area (Å²) in [7, 11) is 1.61. The molecule has 200 valence electrons. The van der Waals surface area contributed by atoms with Crippen molar-refractivity contribution in [2.45, 2.75) is 31.5 Å². The van der Waals surface area contributed by atoms with E-state index in [0.29, 0.717) is 24.1 Å². The molecule has 1 heterocycles. The van der Waals surface area contributed by atoms with Crippen molar-refractivity contribution in [2.24, 2.45) is 0 Å². The molecule has 0 spiro atoms. The lowest BCUT2D eigenvalue weighted by Gasteiger charge is -2.25. The van der Waals surface area contributed by atoms with E-state index in [0.717, 1.165) is 21.8 Å². The molecule has 0 radical (unpaired) electrons. The van der Waals surface area contributed by atoms with Gasteiger partial charge in [-0.15, -0.1) is 12.4 Å². The number of methoxy groups -OCH3 is 1. The van der Waals surface area contributed by atoms with Crippen molar-refractivity contribution in [1.29, 1.82) is 0 Å². The Bertz CT molecular complexity index is 1220. The summed E-state index contributed by atoms with van der Waals surface area (Å²) in [5.74, 6) is -0.372. The van der Waals surface area contributed by atoms with Crippen LogP contribution >= 0.6 is 12.4 Å². The Balaban J connectivity index is 0.00000400. The third-order valence-corrected chi connectivity index (χ3v) is 6.37. The molecule has 0 saturated heterocycles. The lowest BCUT2D eigenvalue weighted by molar-refractivity contribution is -0.122. The van der Waals surface area contributed by atoms with E-state index in [1.807, 2.05) is 54.6 Å². The molecule has 3 N–H and O–H groups in total. The molecule has 8 nitrogen and oxygen atoms in total. The van der Waals surface area contributed by atoms with Crippen LogP contribution in [0.1, 0.15) is 38.3 Å². The number of carbonyl (C=O) groups excluding carboxylic acids is 3. The monoisotopic (exact) mass is 537 g/mol. The van der Waals surface area contributed by atoms with Crippen LogP contribution in [-0.4, -0.2) is 60.1 Å². The summed E-state index contributed by atoms with van der Waals surface area (Å²) in [6.45, 7) is 0.758. The second-order valence-corrected chi connectivity index (χ2v) is 8.97. The molecule has 38 heavy (non-hydrogen) atoms. The molecule has 3 aromatic rings. The van der Waals surface area contributed by atoms with Crippen LogP contribution in [0.5, 0.6) is 5.75 Å². The minimum absolute atomic E-state index is 0. The first kappa shape index (κ1) is 28.8. The molecule has 0 aliphatic carbocycles. The third kappa shape index (κ3) is 7.19. The fourth-order valence-electron chi connectivity index (χ4n) is 4.37. The van der Waals surface area contributed by atoms with Crippen molar-refractivity contribution in [3.63, 3.8) is 0 Å². The van der Waals surface area contributed by atoms with Crippen LogP contribution in [0.2, 0.25) is 0 Å². The first-order chi connectivity index (χ1) is 18.0. The number of fused-ring (bicyclic) bond motifs is 1. The summed E-state index contributed by atoms with van der Waals surface area (Å²) in [5.41, 5.74) is 2.69. The Kier molecular flexibility index (Phi) is 10.4. The molecule has 3 amide bonds. The highest BCUT2D eigenvalue weighted by atomic mass is 35.5. The summed E-state index contributed by atoms with van der Waals surface area (Å²) in [4.78, 5) is 39.1. The molecule has 0 bridgehead atoms. The molecule has 3 aromatic carbocycles. The number of benzene rings is 3. The molecule has 4 rings (SSSR count). The minimum atomic E-state index is -0.867. The first-order valence-electron chi connectivity index (χ1n) is 12.3. The van der Waals surface area contributed by atoms with E-state index in [1.54, 1.807) is 31.4 Å². The summed E-state index contributed by atoms with van der Waals surface area (Å²) in [6.07, 6.45) is -0.489. The molecule has 1 aliphatic rings. The predicted molar refractivity (Wildman–Crippen MR) is 146 cm³/mol. The highest BCUT2D eigenvalue weighted by molar-refractivity contribution is 6.21. The summed E-state index contributed by atoms with van der Waals surface area (Å²) >= 11 is 0. The number of hydrogen-bond acceptors (Lipinski definition) is 6. The highest BCUT2D eigenvalue weighted by Gasteiger charge is 2.35. The summed E-state index contributed by atoms with van der Waals surface area (Å²) in [6, 6.07) is 23.3. The van der Waals surface area contributed by atoms with Crippen molar-refractivity contribution in [2.75, 3.05) is 20.2 Å². The van der Waals surface area contributed by atoms with E-state index < -0.39 is 24.0 Å². The van der Waals surface area contributed by atoms with Crippen LogP contribution in [0.4, 0.5) is 0 Å². The Morgan fingerprint density at radius 3 is 2.21 bits per heavy atom. The van der Waals surface area contributed by atoms with E-state index >= 15 is 0 Å². The number of aliphatic hydroxyl groups is 1. The molecule has 2 atom stereocenters. The van der Waals surface area contributed by atoms with Crippen LogP contribution < -0.4 is 15.4 Å². The average Bonchev–Trinajstić information content (AvgIpc) is 3.17. The van der Waals surface area contributed by atoms with Gasteiger partial charge in [0.1, 0.15) is 5.75 Å². The van der Waals surface area contributed by atoms with Gasteiger partial charge in [-0.1, -0.05) is 54.6 Å². The molecule has 1 aliphatic heterocycles. The average molecular weight is 538 g/mol. The lowest BCUT2D eigenvalue weighted by Crippen LogP contribution is -2.49. The number of amides is 3. The van der Waals surface area contributed by atoms with Crippen LogP contribution in [-0.2, 0) is 17.8 Å². The number of carbonyl (C=O) groups is 3. The van der Waals surface area contributed by atoms with E-state index in [1.165, 1.54) is 0 Å². The number of ether oxygens (including phenoxy) is 1. The van der Waals surface area contributed by atoms with E-state index in [4.69, 9.17) is 4.74 Å². The van der Waals surface area contributed by atoms with Crippen LogP contribution in [0.3, 0.4) is 0 Å². The number of nitrogens with one attached hydrogen (secondary N) is 2. The number of hydrogen-bond donors (Lipinski definition) is 3. The topological polar surface area (TPSA) is 108 Å². The maximum Gasteiger partial charge on any atom is 0.261 e. The molecule has 9 heteroatoms. The van der Waals surface area contributed by atoms with Gasteiger partial charge >= 0.3 is 0 Å². The molecule has 0 fully saturated rings. The number of halogens is 1. The van der Waals surface area contributed by atoms with E-state index in [-0.39, 0.29) is 37.8 Å². The zero-order chi connectivity index (χ0) is 26.2. The van der Waals surface area contributed by atoms with Gasteiger partial charge < -0.3 is 20.5 Å². The SMILES string of the molecule is COc1cccc(CNC[C@H](O)[C@H](Cc2ccccc2)NC(=O)CCN2C(=O)c3ccccc3C2=O)c1.Cl. The maximum absolute atomic E-state index is 12.9. The normalized spacial score (nSPS) is 13.9. The number of rotatable bonds is 12. The van der Waals surface area contributed by atoms with Crippen molar-refractivity contribution in [1.82, 2.24) is 15.5 Å². The van der Waals surface area contributed by atoms with Gasteiger partial charge in [0.25, 0.3) is 11.8 Å². The molecule has 0 aromatic heterocycles. The van der Waals surface area contributed by atoms with Crippen molar-refractivity contribution in [3.05, 3.63) is 101 Å². The molecular weight excluding hydrogens is 506 g/mol. The maximum atomic E-state index is 12.9. The van der Waals surface area contributed by atoms with Crippen LogP contribution in [0.15, 0.2) is 78.9 Å². The second kappa shape index (κ2) is 13.7. The van der Waals surface area contributed by atoms with Gasteiger partial charge in [-0.3, -0.25) is 19.3 Å². The van der Waals surface area contributed by atoms with E-state index in [9.17, 15) is 19.5 Å². The van der Waals surface area contributed by atoms with Gasteiger partial charge in [-0.05, 0) is 41.8 Å². The van der Waals surface area contributed by atoms with Crippen LogP contribution in [0, 0.1) is 0 Å². The van der Waals surface area contributed by atoms with Gasteiger partial charge in [-0.25, -0.2) is 0 Å². The number of aliphatic hydroxyl groups excluding tert-OH is 1. The Hall–Kier alpha value is -3.72. The fraction of sp³-hybridized carbons (Fsp3) is 0.276. The summed E-state index contributed by atoms with van der Waals surface area (Å²) in [5, 5.41) is 17.1. The van der Waals surface area contributed by atoms with Crippen molar-refractivity contribution >= 4 is 30.1 Å². The van der Waals surface area contributed by atoms with Crippen molar-refractivity contribution < 1.29 is 24.2 Å². The van der Waals surface area contributed by atoms with Crippen LogP contribution in [0.25, 0.3) is 0 Å². The zero-order valence-corrected chi connectivity index (χ0v) is 21.9. The first-order valence-corrected chi connectivity index (χ1v) is 12.3.